The molecule has 1 amide bonds. The van der Waals surface area contributed by atoms with Crippen LogP contribution in [-0.2, 0) is 31.3 Å². The molecular formula is C35H45ClN2O7S. The zero-order valence-corrected chi connectivity index (χ0v) is 28.2. The first-order valence-electron chi connectivity index (χ1n) is 16.4. The summed E-state index contributed by atoms with van der Waals surface area (Å²) in [6, 6.07) is 11.4. The Bertz CT molecular complexity index is 1570. The van der Waals surface area contributed by atoms with E-state index in [0.29, 0.717) is 37.2 Å². The van der Waals surface area contributed by atoms with Crippen molar-refractivity contribution in [2.45, 2.75) is 74.2 Å². The van der Waals surface area contributed by atoms with Crippen LogP contribution in [0.2, 0.25) is 5.02 Å². The Balaban J connectivity index is 1.39. The Kier molecular flexibility index (Phi) is 10.0. The van der Waals surface area contributed by atoms with Gasteiger partial charge in [0.1, 0.15) is 5.75 Å². The second-order valence-electron chi connectivity index (χ2n) is 13.4. The van der Waals surface area contributed by atoms with E-state index in [-0.39, 0.29) is 36.5 Å². The topological polar surface area (TPSA) is 114 Å². The van der Waals surface area contributed by atoms with Crippen molar-refractivity contribution in [3.05, 3.63) is 70.3 Å². The van der Waals surface area contributed by atoms with Crippen molar-refractivity contribution >= 4 is 33.2 Å². The summed E-state index contributed by atoms with van der Waals surface area (Å²) in [7, 11) is -0.943. The van der Waals surface area contributed by atoms with E-state index in [1.165, 1.54) is 18.2 Å². The van der Waals surface area contributed by atoms with Gasteiger partial charge in [-0.15, -0.1) is 0 Å². The first kappa shape index (κ1) is 33.3. The van der Waals surface area contributed by atoms with Gasteiger partial charge in [-0.05, 0) is 105 Å². The number of sulfonamides is 1. The molecule has 250 valence electrons. The molecule has 0 unspecified atom stereocenters. The molecule has 11 heteroatoms. The number of methoxy groups -OCH3 is 2. The molecule has 2 bridgehead atoms. The van der Waals surface area contributed by atoms with Gasteiger partial charge in [0.15, 0.2) is 0 Å². The number of benzene rings is 2. The average Bonchev–Trinajstić information content (AvgIpc) is 3.16. The van der Waals surface area contributed by atoms with E-state index in [1.54, 1.807) is 25.3 Å². The van der Waals surface area contributed by atoms with E-state index in [2.05, 4.69) is 27.8 Å². The lowest BCUT2D eigenvalue weighted by molar-refractivity contribution is 0.0131. The van der Waals surface area contributed by atoms with E-state index >= 15 is 0 Å². The van der Waals surface area contributed by atoms with Crippen LogP contribution in [-0.4, -0.2) is 77.4 Å². The number of aryl methyl sites for hydroxylation is 1. The third-order valence-corrected chi connectivity index (χ3v) is 12.5. The number of amides is 1. The summed E-state index contributed by atoms with van der Waals surface area (Å²) in [6.07, 6.45) is 8.67. The van der Waals surface area contributed by atoms with E-state index in [1.807, 2.05) is 12.1 Å². The van der Waals surface area contributed by atoms with E-state index in [9.17, 15) is 18.3 Å². The molecule has 0 saturated heterocycles. The number of hydrogen-bond donors (Lipinski definition) is 2. The number of rotatable bonds is 5. The van der Waals surface area contributed by atoms with Gasteiger partial charge >= 0.3 is 0 Å². The number of aliphatic hydroxyl groups is 1. The van der Waals surface area contributed by atoms with Gasteiger partial charge in [0.25, 0.3) is 5.91 Å². The van der Waals surface area contributed by atoms with Crippen LogP contribution in [0.15, 0.2) is 48.6 Å². The van der Waals surface area contributed by atoms with E-state index < -0.39 is 27.3 Å². The molecule has 2 aliphatic carbocycles. The van der Waals surface area contributed by atoms with Crippen LogP contribution >= 0.6 is 11.6 Å². The lowest BCUT2D eigenvalue weighted by atomic mass is 9.68. The number of carbonyl (C=O) groups is 1. The minimum absolute atomic E-state index is 0.00425. The SMILES string of the molecule is COC[C@H](O)C[C@H]1CC/C=C\[C@H](OC)[C@@H]2CC[C@H]2CN2C[C@@]3(CCCc4cc(Cl)ccc43)COc3ccc(cc32)C(=O)NS1(=O)=O. The molecule has 0 aromatic heterocycles. The highest BCUT2D eigenvalue weighted by molar-refractivity contribution is 7.90. The van der Waals surface area contributed by atoms with Gasteiger partial charge < -0.3 is 24.2 Å². The van der Waals surface area contributed by atoms with Gasteiger partial charge in [0, 0.05) is 43.3 Å². The number of hydrogen-bond acceptors (Lipinski definition) is 8. The molecule has 2 aromatic carbocycles. The van der Waals surface area contributed by atoms with Gasteiger partial charge in [0.2, 0.25) is 10.0 Å². The second-order valence-corrected chi connectivity index (χ2v) is 15.8. The van der Waals surface area contributed by atoms with Gasteiger partial charge in [-0.1, -0.05) is 29.8 Å². The molecule has 6 rings (SSSR count). The zero-order chi connectivity index (χ0) is 32.5. The minimum Gasteiger partial charge on any atom is -0.490 e. The quantitative estimate of drug-likeness (QED) is 0.426. The summed E-state index contributed by atoms with van der Waals surface area (Å²) in [6.45, 7) is 1.97. The molecular weight excluding hydrogens is 628 g/mol. The maximum atomic E-state index is 13.6. The molecule has 2 heterocycles. The first-order chi connectivity index (χ1) is 22.1. The first-order valence-corrected chi connectivity index (χ1v) is 18.3. The van der Waals surface area contributed by atoms with Crippen LogP contribution in [0.25, 0.3) is 0 Å². The Morgan fingerprint density at radius 1 is 1.17 bits per heavy atom. The van der Waals surface area contributed by atoms with E-state index in [0.717, 1.165) is 49.4 Å². The third-order valence-electron chi connectivity index (χ3n) is 10.5. The maximum absolute atomic E-state index is 13.6. The summed E-state index contributed by atoms with van der Waals surface area (Å²) in [5, 5.41) is 10.2. The molecule has 6 atom stereocenters. The van der Waals surface area contributed by atoms with Crippen molar-refractivity contribution in [3.8, 4) is 5.75 Å². The summed E-state index contributed by atoms with van der Waals surface area (Å²) in [5.74, 6) is 0.658. The molecule has 46 heavy (non-hydrogen) atoms. The Morgan fingerprint density at radius 2 is 2.02 bits per heavy atom. The predicted molar refractivity (Wildman–Crippen MR) is 178 cm³/mol. The number of halogens is 1. The Labute approximate surface area is 277 Å². The maximum Gasteiger partial charge on any atom is 0.264 e. The highest BCUT2D eigenvalue weighted by Gasteiger charge is 2.44. The lowest BCUT2D eigenvalue weighted by Gasteiger charge is -2.46. The van der Waals surface area contributed by atoms with Gasteiger partial charge in [-0.25, -0.2) is 13.1 Å². The normalized spacial score (nSPS) is 30.5. The number of nitrogens with one attached hydrogen (secondary N) is 1. The van der Waals surface area contributed by atoms with Crippen LogP contribution in [0.4, 0.5) is 5.69 Å². The lowest BCUT2D eigenvalue weighted by Crippen LogP contribution is -2.49. The van der Waals surface area contributed by atoms with Gasteiger partial charge in [-0.2, -0.15) is 0 Å². The molecule has 2 N–H and O–H groups in total. The molecule has 1 fully saturated rings. The predicted octanol–water partition coefficient (Wildman–Crippen LogP) is 5.03. The number of nitrogens with zero attached hydrogens (tertiary/aromatic N) is 1. The molecule has 1 spiro atoms. The average molecular weight is 673 g/mol. The zero-order valence-electron chi connectivity index (χ0n) is 26.6. The Hall–Kier alpha value is -2.63. The highest BCUT2D eigenvalue weighted by Crippen LogP contribution is 2.47. The fourth-order valence-corrected chi connectivity index (χ4v) is 9.60. The molecule has 4 aliphatic rings. The smallest absolute Gasteiger partial charge is 0.264 e. The van der Waals surface area contributed by atoms with Crippen LogP contribution < -0.4 is 14.4 Å². The largest absolute Gasteiger partial charge is 0.490 e. The highest BCUT2D eigenvalue weighted by atomic mass is 35.5. The van der Waals surface area contributed by atoms with Crippen molar-refractivity contribution in [2.24, 2.45) is 11.8 Å². The molecule has 2 aliphatic heterocycles. The number of anilines is 1. The standard InChI is InChI=1S/C35H45ClN2O7S/c1-43-20-27(39)18-28-7-3-4-8-32(44-2)29-12-9-25(29)19-38-21-35(15-5-6-23-16-26(36)11-13-30(23)35)22-45-33-14-10-24(17-31(33)38)34(40)37-46(28,41)42/h4,8,10-11,13-14,16-17,25,27-29,32,39H,3,5-7,9,12,15,18-22H2,1-2H3,(H,37,40)/b8-4-/t25-,27+,28+,29+,32-,35-/m0/s1. The summed E-state index contributed by atoms with van der Waals surface area (Å²) < 4.78 is 47.1. The Morgan fingerprint density at radius 3 is 2.78 bits per heavy atom. The van der Waals surface area contributed by atoms with E-state index in [4.69, 9.17) is 25.8 Å². The van der Waals surface area contributed by atoms with Crippen molar-refractivity contribution < 1.29 is 32.5 Å². The molecule has 1 saturated carbocycles. The van der Waals surface area contributed by atoms with Crippen molar-refractivity contribution in [1.29, 1.82) is 0 Å². The van der Waals surface area contributed by atoms with Crippen LogP contribution in [0, 0.1) is 11.8 Å². The summed E-state index contributed by atoms with van der Waals surface area (Å²) in [4.78, 5) is 15.9. The molecule has 2 aromatic rings. The number of fused-ring (bicyclic) bond motifs is 4. The number of aliphatic hydroxyl groups excluding tert-OH is 1. The van der Waals surface area contributed by atoms with Crippen molar-refractivity contribution in [2.75, 3.05) is 45.4 Å². The van der Waals surface area contributed by atoms with Crippen molar-refractivity contribution in [1.82, 2.24) is 4.72 Å². The van der Waals surface area contributed by atoms with Crippen LogP contribution in [0.3, 0.4) is 0 Å². The number of carbonyl (C=O) groups excluding carboxylic acids is 1. The monoisotopic (exact) mass is 672 g/mol. The molecule has 9 nitrogen and oxygen atoms in total. The summed E-state index contributed by atoms with van der Waals surface area (Å²) in [5.41, 5.74) is 3.28. The van der Waals surface area contributed by atoms with Crippen LogP contribution in [0.5, 0.6) is 5.75 Å². The fourth-order valence-electron chi connectivity index (χ4n) is 7.94. The molecule has 0 radical (unpaired) electrons. The fraction of sp³-hybridized carbons (Fsp3) is 0.571. The van der Waals surface area contributed by atoms with Gasteiger partial charge in [-0.3, -0.25) is 4.79 Å². The number of allylic oxidation sites excluding steroid dienone is 1. The third kappa shape index (κ3) is 6.83. The van der Waals surface area contributed by atoms with Gasteiger partial charge in [0.05, 0.1) is 36.4 Å². The van der Waals surface area contributed by atoms with Crippen molar-refractivity contribution in [3.63, 3.8) is 0 Å². The number of ether oxygens (including phenoxy) is 3. The minimum atomic E-state index is -4.13. The summed E-state index contributed by atoms with van der Waals surface area (Å²) >= 11 is 6.42. The second kappa shape index (κ2) is 13.8. The van der Waals surface area contributed by atoms with Crippen LogP contribution in [0.1, 0.15) is 66.4 Å².